The average Bonchev–Trinajstić information content (AvgIpc) is 2.30. The summed E-state index contributed by atoms with van der Waals surface area (Å²) in [4.78, 5) is 1.92. The predicted molar refractivity (Wildman–Crippen MR) is 65.8 cm³/mol. The molecule has 4 nitrogen and oxygen atoms in total. The van der Waals surface area contributed by atoms with Gasteiger partial charge < -0.3 is 15.8 Å². The van der Waals surface area contributed by atoms with Crippen molar-refractivity contribution in [3.05, 3.63) is 34.6 Å². The highest BCUT2D eigenvalue weighted by Crippen LogP contribution is 2.18. The monoisotopic (exact) mass is 259 g/mol. The summed E-state index contributed by atoms with van der Waals surface area (Å²) in [5.41, 5.74) is 6.07. The number of nitrogens with zero attached hydrogens (tertiary/aromatic N) is 2. The van der Waals surface area contributed by atoms with Crippen molar-refractivity contribution < 1.29 is 9.60 Å². The first-order valence-corrected chi connectivity index (χ1v) is 5.49. The number of hydrogen-bond acceptors (Lipinski definition) is 3. The maximum absolute atomic E-state index is 13.0. The van der Waals surface area contributed by atoms with Crippen molar-refractivity contribution in [2.45, 2.75) is 13.0 Å². The predicted octanol–water partition coefficient (Wildman–Crippen LogP) is 2.05. The SMILES string of the molecule is CN(CC/C(N)=N/O)Cc1cc(F)ccc1Cl. The van der Waals surface area contributed by atoms with Gasteiger partial charge in [-0.1, -0.05) is 16.8 Å². The molecule has 1 aromatic carbocycles. The maximum Gasteiger partial charge on any atom is 0.140 e. The lowest BCUT2D eigenvalue weighted by Gasteiger charge is -2.17. The molecular formula is C11H15ClFN3O. The zero-order valence-electron chi connectivity index (χ0n) is 9.53. The fourth-order valence-electron chi connectivity index (χ4n) is 1.39. The molecule has 17 heavy (non-hydrogen) atoms. The molecule has 0 unspecified atom stereocenters. The second-order valence-corrected chi connectivity index (χ2v) is 4.22. The van der Waals surface area contributed by atoms with Crippen LogP contribution in [-0.2, 0) is 6.54 Å². The summed E-state index contributed by atoms with van der Waals surface area (Å²) in [6, 6.07) is 4.26. The highest BCUT2D eigenvalue weighted by atomic mass is 35.5. The van der Waals surface area contributed by atoms with Gasteiger partial charge in [-0.15, -0.1) is 0 Å². The first-order chi connectivity index (χ1) is 8.02. The molecule has 0 bridgehead atoms. The van der Waals surface area contributed by atoms with Crippen molar-refractivity contribution in [2.75, 3.05) is 13.6 Å². The molecule has 0 atom stereocenters. The standard InChI is InChI=1S/C11H15ClFN3O/c1-16(5-4-11(14)15-17)7-8-6-9(13)2-3-10(8)12/h2-3,6,17H,4-5,7H2,1H3,(H2,14,15). The van der Waals surface area contributed by atoms with Crippen LogP contribution in [0.25, 0.3) is 0 Å². The quantitative estimate of drug-likeness (QED) is 0.368. The third-order valence-corrected chi connectivity index (χ3v) is 2.69. The van der Waals surface area contributed by atoms with Gasteiger partial charge in [0.15, 0.2) is 0 Å². The number of nitrogens with two attached hydrogens (primary N) is 1. The van der Waals surface area contributed by atoms with E-state index in [1.54, 1.807) is 0 Å². The lowest BCUT2D eigenvalue weighted by molar-refractivity contribution is 0.309. The van der Waals surface area contributed by atoms with Gasteiger partial charge in [0.2, 0.25) is 0 Å². The zero-order chi connectivity index (χ0) is 12.8. The number of halogens is 2. The first-order valence-electron chi connectivity index (χ1n) is 5.12. The molecule has 0 fully saturated rings. The van der Waals surface area contributed by atoms with Crippen LogP contribution in [-0.4, -0.2) is 29.5 Å². The zero-order valence-corrected chi connectivity index (χ0v) is 10.3. The third kappa shape index (κ3) is 4.58. The van der Waals surface area contributed by atoms with Gasteiger partial charge in [0.1, 0.15) is 11.7 Å². The van der Waals surface area contributed by atoms with Crippen LogP contribution in [0.2, 0.25) is 5.02 Å². The van der Waals surface area contributed by atoms with Crippen molar-refractivity contribution in [1.82, 2.24) is 4.90 Å². The smallest absolute Gasteiger partial charge is 0.140 e. The van der Waals surface area contributed by atoms with E-state index >= 15 is 0 Å². The van der Waals surface area contributed by atoms with Crippen molar-refractivity contribution in [1.29, 1.82) is 0 Å². The molecule has 0 saturated heterocycles. The van der Waals surface area contributed by atoms with E-state index < -0.39 is 0 Å². The minimum absolute atomic E-state index is 0.169. The molecule has 3 N–H and O–H groups in total. The highest BCUT2D eigenvalue weighted by Gasteiger charge is 2.06. The molecule has 0 aromatic heterocycles. The number of amidine groups is 1. The van der Waals surface area contributed by atoms with Gasteiger partial charge in [-0.2, -0.15) is 0 Å². The summed E-state index contributed by atoms with van der Waals surface area (Å²) in [6.45, 7) is 1.11. The molecule has 0 radical (unpaired) electrons. The van der Waals surface area contributed by atoms with Crippen LogP contribution in [0, 0.1) is 5.82 Å². The Morgan fingerprint density at radius 1 is 1.59 bits per heavy atom. The molecule has 0 saturated carbocycles. The van der Waals surface area contributed by atoms with Gasteiger partial charge in [0.05, 0.1) is 0 Å². The Kier molecular flexibility index (Phi) is 5.18. The van der Waals surface area contributed by atoms with Crippen LogP contribution >= 0.6 is 11.6 Å². The van der Waals surface area contributed by atoms with Gasteiger partial charge in [0.25, 0.3) is 0 Å². The molecule has 94 valence electrons. The second kappa shape index (κ2) is 6.42. The number of hydrogen-bond donors (Lipinski definition) is 2. The minimum Gasteiger partial charge on any atom is -0.409 e. The Labute approximate surface area is 104 Å². The molecule has 0 amide bonds. The van der Waals surface area contributed by atoms with Crippen molar-refractivity contribution in [3.8, 4) is 0 Å². The number of oxime groups is 1. The van der Waals surface area contributed by atoms with E-state index in [0.29, 0.717) is 30.1 Å². The number of rotatable bonds is 5. The molecular weight excluding hydrogens is 245 g/mol. The van der Waals surface area contributed by atoms with Crippen LogP contribution in [0.4, 0.5) is 4.39 Å². The molecule has 0 aliphatic carbocycles. The van der Waals surface area contributed by atoms with Crippen LogP contribution in [0.3, 0.4) is 0 Å². The van der Waals surface area contributed by atoms with E-state index in [1.165, 1.54) is 18.2 Å². The van der Waals surface area contributed by atoms with Crippen molar-refractivity contribution in [2.24, 2.45) is 10.9 Å². The Morgan fingerprint density at radius 3 is 2.94 bits per heavy atom. The first kappa shape index (κ1) is 13.7. The van der Waals surface area contributed by atoms with Crippen LogP contribution < -0.4 is 5.73 Å². The van der Waals surface area contributed by atoms with Gasteiger partial charge in [0, 0.05) is 24.5 Å². The lowest BCUT2D eigenvalue weighted by atomic mass is 10.2. The normalized spacial score (nSPS) is 12.1. The summed E-state index contributed by atoms with van der Waals surface area (Å²) < 4.78 is 13.0. The molecule has 1 rings (SSSR count). The van der Waals surface area contributed by atoms with Crippen LogP contribution in [0.15, 0.2) is 23.4 Å². The van der Waals surface area contributed by atoms with Gasteiger partial charge in [-0.25, -0.2) is 4.39 Å². The van der Waals surface area contributed by atoms with E-state index in [9.17, 15) is 4.39 Å². The Bertz CT molecular complexity index is 412. The highest BCUT2D eigenvalue weighted by molar-refractivity contribution is 6.31. The summed E-state index contributed by atoms with van der Waals surface area (Å²) in [7, 11) is 1.85. The Hall–Kier alpha value is -1.33. The molecule has 1 aromatic rings. The largest absolute Gasteiger partial charge is 0.409 e. The maximum atomic E-state index is 13.0. The van der Waals surface area contributed by atoms with Crippen molar-refractivity contribution in [3.63, 3.8) is 0 Å². The van der Waals surface area contributed by atoms with E-state index in [-0.39, 0.29) is 11.7 Å². The van der Waals surface area contributed by atoms with Gasteiger partial charge in [-0.05, 0) is 30.8 Å². The molecule has 6 heteroatoms. The van der Waals surface area contributed by atoms with Crippen LogP contribution in [0.1, 0.15) is 12.0 Å². The fraction of sp³-hybridized carbons (Fsp3) is 0.364. The summed E-state index contributed by atoms with van der Waals surface area (Å²) in [6.07, 6.45) is 0.444. The van der Waals surface area contributed by atoms with E-state index in [4.69, 9.17) is 22.5 Å². The van der Waals surface area contributed by atoms with Crippen LogP contribution in [0.5, 0.6) is 0 Å². The van der Waals surface area contributed by atoms with Gasteiger partial charge in [-0.3, -0.25) is 0 Å². The topological polar surface area (TPSA) is 61.8 Å². The molecule has 0 aliphatic rings. The number of benzene rings is 1. The third-order valence-electron chi connectivity index (χ3n) is 2.33. The lowest BCUT2D eigenvalue weighted by Crippen LogP contribution is -2.24. The Balaban J connectivity index is 2.55. The average molecular weight is 260 g/mol. The summed E-state index contributed by atoms with van der Waals surface area (Å²) in [5.74, 6) is -0.142. The minimum atomic E-state index is -0.311. The van der Waals surface area contributed by atoms with Gasteiger partial charge >= 0.3 is 0 Å². The van der Waals surface area contributed by atoms with Crippen molar-refractivity contribution >= 4 is 17.4 Å². The second-order valence-electron chi connectivity index (χ2n) is 3.81. The summed E-state index contributed by atoms with van der Waals surface area (Å²) >= 11 is 5.95. The van der Waals surface area contributed by atoms with E-state index in [0.717, 1.165) is 0 Å². The molecule has 0 spiro atoms. The van der Waals surface area contributed by atoms with E-state index in [1.807, 2.05) is 11.9 Å². The molecule has 0 heterocycles. The molecule has 0 aliphatic heterocycles. The van der Waals surface area contributed by atoms with E-state index in [2.05, 4.69) is 5.16 Å². The Morgan fingerprint density at radius 2 is 2.29 bits per heavy atom. The fourth-order valence-corrected chi connectivity index (χ4v) is 1.57. The summed E-state index contributed by atoms with van der Waals surface area (Å²) in [5, 5.41) is 11.8.